The van der Waals surface area contributed by atoms with Crippen molar-refractivity contribution in [2.45, 2.75) is 18.9 Å². The van der Waals surface area contributed by atoms with Crippen molar-refractivity contribution in [2.24, 2.45) is 0 Å². The molecule has 0 spiro atoms. The highest BCUT2D eigenvalue weighted by molar-refractivity contribution is 7.13. The lowest BCUT2D eigenvalue weighted by atomic mass is 10.1. The highest BCUT2D eigenvalue weighted by Crippen LogP contribution is 2.24. The number of thiophene rings is 1. The van der Waals surface area contributed by atoms with Crippen LogP contribution < -0.4 is 0 Å². The second kappa shape index (κ2) is 7.98. The number of hydrogen-bond donors (Lipinski definition) is 0. The molecule has 27 heavy (non-hydrogen) atoms. The fourth-order valence-corrected chi connectivity index (χ4v) is 3.64. The molecule has 1 fully saturated rings. The first-order valence-electron chi connectivity index (χ1n) is 8.70. The number of halogens is 1. The van der Waals surface area contributed by atoms with Crippen molar-refractivity contribution >= 4 is 17.2 Å². The molecule has 2 aromatic heterocycles. The van der Waals surface area contributed by atoms with Crippen molar-refractivity contribution in [1.82, 2.24) is 15.0 Å². The molecule has 1 unspecified atom stereocenters. The number of hydrogen-bond acceptors (Lipinski definition) is 6. The minimum absolute atomic E-state index is 0.0151. The largest absolute Gasteiger partial charge is 0.370 e. The summed E-state index contributed by atoms with van der Waals surface area (Å²) in [6.07, 6.45) is 0.454. The van der Waals surface area contributed by atoms with Crippen molar-refractivity contribution < 1.29 is 18.4 Å². The average molecular weight is 387 g/mol. The summed E-state index contributed by atoms with van der Waals surface area (Å²) in [5.74, 6) is 0.732. The van der Waals surface area contributed by atoms with Crippen molar-refractivity contribution in [3.63, 3.8) is 0 Å². The molecule has 0 aliphatic carbocycles. The van der Waals surface area contributed by atoms with Crippen LogP contribution in [0, 0.1) is 5.82 Å². The molecule has 140 valence electrons. The van der Waals surface area contributed by atoms with Crippen molar-refractivity contribution in [1.29, 1.82) is 0 Å². The van der Waals surface area contributed by atoms with Crippen molar-refractivity contribution in [2.75, 3.05) is 19.7 Å². The maximum absolute atomic E-state index is 13.1. The number of aromatic nitrogens is 2. The Morgan fingerprint density at radius 1 is 1.30 bits per heavy atom. The van der Waals surface area contributed by atoms with E-state index >= 15 is 0 Å². The summed E-state index contributed by atoms with van der Waals surface area (Å²) in [6.45, 7) is 1.45. The summed E-state index contributed by atoms with van der Waals surface area (Å²) in [7, 11) is 0. The van der Waals surface area contributed by atoms with Crippen LogP contribution in [0.1, 0.15) is 24.0 Å². The second-order valence-corrected chi connectivity index (χ2v) is 7.19. The van der Waals surface area contributed by atoms with Crippen LogP contribution >= 0.6 is 11.3 Å². The van der Waals surface area contributed by atoms with Crippen LogP contribution in [-0.4, -0.2) is 40.6 Å². The number of aryl methyl sites for hydroxylation is 1. The average Bonchev–Trinajstić information content (AvgIpc) is 3.38. The SMILES string of the molecule is O=C(CCc1nc(-c2cccs2)no1)N1CCOC(c2ccc(F)cc2)C1. The van der Waals surface area contributed by atoms with E-state index in [1.165, 1.54) is 23.5 Å². The topological polar surface area (TPSA) is 68.5 Å². The quantitative estimate of drug-likeness (QED) is 0.671. The molecule has 8 heteroatoms. The Kier molecular flexibility index (Phi) is 5.26. The smallest absolute Gasteiger partial charge is 0.227 e. The molecule has 0 saturated carbocycles. The number of benzene rings is 1. The van der Waals surface area contributed by atoms with Gasteiger partial charge in [0, 0.05) is 19.4 Å². The first-order valence-corrected chi connectivity index (χ1v) is 9.58. The second-order valence-electron chi connectivity index (χ2n) is 6.24. The summed E-state index contributed by atoms with van der Waals surface area (Å²) >= 11 is 1.54. The van der Waals surface area contributed by atoms with Gasteiger partial charge in [-0.25, -0.2) is 4.39 Å². The van der Waals surface area contributed by atoms with Crippen LogP contribution in [0.2, 0.25) is 0 Å². The van der Waals surface area contributed by atoms with E-state index in [9.17, 15) is 9.18 Å². The zero-order chi connectivity index (χ0) is 18.6. The Hall–Kier alpha value is -2.58. The lowest BCUT2D eigenvalue weighted by Gasteiger charge is -2.33. The predicted molar refractivity (Wildman–Crippen MR) is 97.6 cm³/mol. The number of morpholine rings is 1. The molecule has 0 radical (unpaired) electrons. The Labute approximate surface area is 159 Å². The molecule has 3 heterocycles. The van der Waals surface area contributed by atoms with E-state index in [1.807, 2.05) is 17.5 Å². The maximum atomic E-state index is 13.1. The molecule has 6 nitrogen and oxygen atoms in total. The highest BCUT2D eigenvalue weighted by atomic mass is 32.1. The van der Waals surface area contributed by atoms with E-state index < -0.39 is 0 Å². The van der Waals surface area contributed by atoms with Gasteiger partial charge in [0.25, 0.3) is 0 Å². The molecule has 1 aliphatic rings. The van der Waals surface area contributed by atoms with E-state index in [0.717, 1.165) is 10.4 Å². The Morgan fingerprint density at radius 3 is 2.93 bits per heavy atom. The monoisotopic (exact) mass is 387 g/mol. The minimum Gasteiger partial charge on any atom is -0.370 e. The summed E-state index contributed by atoms with van der Waals surface area (Å²) < 4.78 is 24.1. The van der Waals surface area contributed by atoms with Crippen molar-refractivity contribution in [3.8, 4) is 10.7 Å². The molecule has 4 rings (SSSR count). The Balaban J connectivity index is 1.33. The predicted octanol–water partition coefficient (Wildman–Crippen LogP) is 3.47. The molecule has 1 aromatic carbocycles. The third-order valence-electron chi connectivity index (χ3n) is 4.42. The molecule has 0 N–H and O–H groups in total. The third kappa shape index (κ3) is 4.23. The fraction of sp³-hybridized carbons (Fsp3) is 0.316. The standard InChI is InChI=1S/C19H18FN3O3S/c20-14-5-3-13(4-6-14)15-12-23(9-10-25-15)18(24)8-7-17-21-19(22-26-17)16-2-1-11-27-16/h1-6,11,15H,7-10,12H2. The van der Waals surface area contributed by atoms with Gasteiger partial charge in [-0.2, -0.15) is 4.98 Å². The molecular weight excluding hydrogens is 369 g/mol. The molecule has 3 aromatic rings. The first kappa shape index (κ1) is 17.8. The molecule has 1 amide bonds. The van der Waals surface area contributed by atoms with E-state index in [1.54, 1.807) is 17.0 Å². The number of carbonyl (C=O) groups is 1. The van der Waals surface area contributed by atoms with Crippen LogP contribution in [-0.2, 0) is 16.0 Å². The van der Waals surface area contributed by atoms with Gasteiger partial charge in [0.05, 0.1) is 18.0 Å². The Bertz CT molecular complexity index is 895. The molecule has 1 aliphatic heterocycles. The van der Waals surface area contributed by atoms with E-state index in [0.29, 0.717) is 44.3 Å². The lowest BCUT2D eigenvalue weighted by Crippen LogP contribution is -2.42. The number of rotatable bonds is 5. The molecular formula is C19H18FN3O3S. The minimum atomic E-state index is -0.288. The van der Waals surface area contributed by atoms with Crippen LogP contribution in [0.25, 0.3) is 10.7 Å². The normalized spacial score (nSPS) is 17.2. The van der Waals surface area contributed by atoms with Crippen LogP contribution in [0.4, 0.5) is 4.39 Å². The van der Waals surface area contributed by atoms with Gasteiger partial charge >= 0.3 is 0 Å². The zero-order valence-electron chi connectivity index (χ0n) is 14.5. The molecule has 0 bridgehead atoms. The van der Waals surface area contributed by atoms with Gasteiger partial charge in [-0.05, 0) is 29.1 Å². The number of carbonyl (C=O) groups excluding carboxylic acids is 1. The summed E-state index contributed by atoms with van der Waals surface area (Å²) in [5.41, 5.74) is 0.867. The fourth-order valence-electron chi connectivity index (χ4n) is 2.99. The van der Waals surface area contributed by atoms with Gasteiger partial charge in [-0.3, -0.25) is 4.79 Å². The maximum Gasteiger partial charge on any atom is 0.227 e. The lowest BCUT2D eigenvalue weighted by molar-refractivity contribution is -0.139. The first-order chi connectivity index (χ1) is 13.2. The summed E-state index contributed by atoms with van der Waals surface area (Å²) in [6, 6.07) is 10.0. The van der Waals surface area contributed by atoms with Crippen LogP contribution in [0.5, 0.6) is 0 Å². The summed E-state index contributed by atoms with van der Waals surface area (Å²) in [4.78, 5) is 19.6. The highest BCUT2D eigenvalue weighted by Gasteiger charge is 2.25. The van der Waals surface area contributed by atoms with Gasteiger partial charge in [0.1, 0.15) is 11.9 Å². The molecule has 1 saturated heterocycles. The number of nitrogens with zero attached hydrogens (tertiary/aromatic N) is 3. The summed E-state index contributed by atoms with van der Waals surface area (Å²) in [5, 5.41) is 5.91. The van der Waals surface area contributed by atoms with E-state index in [2.05, 4.69) is 10.1 Å². The third-order valence-corrected chi connectivity index (χ3v) is 5.29. The van der Waals surface area contributed by atoms with Crippen LogP contribution in [0.3, 0.4) is 0 Å². The molecule has 1 atom stereocenters. The van der Waals surface area contributed by atoms with E-state index in [4.69, 9.17) is 9.26 Å². The van der Waals surface area contributed by atoms with Gasteiger partial charge < -0.3 is 14.2 Å². The number of ether oxygens (including phenoxy) is 1. The van der Waals surface area contributed by atoms with Gasteiger partial charge in [0.15, 0.2) is 0 Å². The van der Waals surface area contributed by atoms with Gasteiger partial charge in [-0.1, -0.05) is 23.4 Å². The Morgan fingerprint density at radius 2 is 2.15 bits per heavy atom. The van der Waals surface area contributed by atoms with Crippen LogP contribution in [0.15, 0.2) is 46.3 Å². The zero-order valence-corrected chi connectivity index (χ0v) is 15.3. The van der Waals surface area contributed by atoms with Gasteiger partial charge in [0.2, 0.25) is 17.6 Å². The van der Waals surface area contributed by atoms with E-state index in [-0.39, 0.29) is 17.8 Å². The number of amides is 1. The van der Waals surface area contributed by atoms with Crippen molar-refractivity contribution in [3.05, 3.63) is 59.0 Å². The van der Waals surface area contributed by atoms with Gasteiger partial charge in [-0.15, -0.1) is 11.3 Å².